The summed E-state index contributed by atoms with van der Waals surface area (Å²) in [5, 5.41) is 4.49. The molecule has 1 N–H and O–H groups in total. The zero-order chi connectivity index (χ0) is 14.9. The highest BCUT2D eigenvalue weighted by Crippen LogP contribution is 2.20. The van der Waals surface area contributed by atoms with Gasteiger partial charge in [-0.3, -0.25) is 0 Å². The molecule has 0 spiro atoms. The molecule has 112 valence electrons. The fraction of sp³-hybridized carbons (Fsp3) is 0.368. The molecule has 1 unspecified atom stereocenters. The Morgan fingerprint density at radius 3 is 2.57 bits per heavy atom. The van der Waals surface area contributed by atoms with Crippen molar-refractivity contribution in [3.05, 3.63) is 70.7 Å². The predicted octanol–water partition coefficient (Wildman–Crippen LogP) is 5.40. The first kappa shape index (κ1) is 16.1. The fourth-order valence-corrected chi connectivity index (χ4v) is 2.81. The largest absolute Gasteiger partial charge is 0.310 e. The Labute approximate surface area is 133 Å². The van der Waals surface area contributed by atoms with Crippen molar-refractivity contribution in [2.45, 2.75) is 38.6 Å². The topological polar surface area (TPSA) is 12.0 Å². The lowest BCUT2D eigenvalue weighted by Gasteiger charge is -2.19. The Bertz CT molecular complexity index is 524. The highest BCUT2D eigenvalue weighted by atomic mass is 35.5. The van der Waals surface area contributed by atoms with E-state index in [1.54, 1.807) is 0 Å². The van der Waals surface area contributed by atoms with E-state index in [4.69, 9.17) is 11.6 Å². The number of rotatable bonds is 8. The number of benzene rings is 2. The molecule has 2 aromatic carbocycles. The molecule has 0 saturated heterocycles. The van der Waals surface area contributed by atoms with Gasteiger partial charge in [0.05, 0.1) is 0 Å². The minimum absolute atomic E-state index is 0.449. The summed E-state index contributed by atoms with van der Waals surface area (Å²) in [4.78, 5) is 0. The SMILES string of the molecule is CCCNC(CCCc1cccc(Cl)c1)c1ccccc1. The molecule has 0 heterocycles. The van der Waals surface area contributed by atoms with Gasteiger partial charge in [-0.25, -0.2) is 0 Å². The van der Waals surface area contributed by atoms with Crippen LogP contribution in [-0.2, 0) is 6.42 Å². The van der Waals surface area contributed by atoms with Gasteiger partial charge < -0.3 is 5.32 Å². The molecule has 0 aliphatic rings. The molecule has 2 heteroatoms. The van der Waals surface area contributed by atoms with E-state index in [2.05, 4.69) is 54.7 Å². The Morgan fingerprint density at radius 2 is 1.86 bits per heavy atom. The Morgan fingerprint density at radius 1 is 1.05 bits per heavy atom. The molecule has 1 atom stereocenters. The molecule has 2 aromatic rings. The van der Waals surface area contributed by atoms with Gasteiger partial charge in [0.2, 0.25) is 0 Å². The first-order valence-corrected chi connectivity index (χ1v) is 8.20. The Hall–Kier alpha value is -1.31. The van der Waals surface area contributed by atoms with Crippen LogP contribution in [0.25, 0.3) is 0 Å². The minimum Gasteiger partial charge on any atom is -0.310 e. The molecule has 0 saturated carbocycles. The molecule has 0 aliphatic carbocycles. The number of nitrogens with one attached hydrogen (secondary N) is 1. The van der Waals surface area contributed by atoms with Crippen LogP contribution in [0.5, 0.6) is 0 Å². The standard InChI is InChI=1S/C19H24ClN/c1-2-14-21-19(17-10-4-3-5-11-17)13-7-9-16-8-6-12-18(20)15-16/h3-6,8,10-12,15,19,21H,2,7,9,13-14H2,1H3. The molecule has 0 radical (unpaired) electrons. The summed E-state index contributed by atoms with van der Waals surface area (Å²) < 4.78 is 0. The summed E-state index contributed by atoms with van der Waals surface area (Å²) in [6, 6.07) is 19.4. The summed E-state index contributed by atoms with van der Waals surface area (Å²) >= 11 is 6.04. The summed E-state index contributed by atoms with van der Waals surface area (Å²) in [5.41, 5.74) is 2.71. The van der Waals surface area contributed by atoms with Gasteiger partial charge in [-0.1, -0.05) is 61.0 Å². The van der Waals surface area contributed by atoms with E-state index in [-0.39, 0.29) is 0 Å². The molecule has 1 nitrogen and oxygen atoms in total. The average Bonchev–Trinajstić information content (AvgIpc) is 2.51. The lowest BCUT2D eigenvalue weighted by Crippen LogP contribution is -2.22. The van der Waals surface area contributed by atoms with Gasteiger partial charge in [-0.15, -0.1) is 0 Å². The first-order valence-electron chi connectivity index (χ1n) is 7.82. The summed E-state index contributed by atoms with van der Waals surface area (Å²) in [7, 11) is 0. The van der Waals surface area contributed by atoms with Gasteiger partial charge in [-0.2, -0.15) is 0 Å². The van der Waals surface area contributed by atoms with Crippen molar-refractivity contribution in [2.75, 3.05) is 6.54 Å². The maximum atomic E-state index is 6.04. The van der Waals surface area contributed by atoms with Crippen LogP contribution in [0.15, 0.2) is 54.6 Å². The van der Waals surface area contributed by atoms with E-state index in [9.17, 15) is 0 Å². The molecule has 21 heavy (non-hydrogen) atoms. The van der Waals surface area contributed by atoms with Crippen LogP contribution in [0.1, 0.15) is 43.4 Å². The number of hydrogen-bond donors (Lipinski definition) is 1. The Kier molecular flexibility index (Phi) is 6.78. The molecule has 0 amide bonds. The lowest BCUT2D eigenvalue weighted by molar-refractivity contribution is 0.484. The van der Waals surface area contributed by atoms with Gasteiger partial charge in [0.25, 0.3) is 0 Å². The van der Waals surface area contributed by atoms with E-state index < -0.39 is 0 Å². The van der Waals surface area contributed by atoms with E-state index >= 15 is 0 Å². The second-order valence-corrected chi connectivity index (χ2v) is 5.88. The van der Waals surface area contributed by atoms with Gasteiger partial charge in [0.1, 0.15) is 0 Å². The molecule has 0 aromatic heterocycles. The third-order valence-corrected chi connectivity index (χ3v) is 3.93. The first-order chi connectivity index (χ1) is 10.3. The van der Waals surface area contributed by atoms with E-state index in [1.165, 1.54) is 11.1 Å². The lowest BCUT2D eigenvalue weighted by atomic mass is 9.99. The zero-order valence-electron chi connectivity index (χ0n) is 12.7. The fourth-order valence-electron chi connectivity index (χ4n) is 2.59. The highest BCUT2D eigenvalue weighted by Gasteiger charge is 2.09. The maximum Gasteiger partial charge on any atom is 0.0408 e. The second-order valence-electron chi connectivity index (χ2n) is 5.44. The summed E-state index contributed by atoms with van der Waals surface area (Å²) in [6.07, 6.45) is 4.56. The number of hydrogen-bond acceptors (Lipinski definition) is 1. The number of halogens is 1. The van der Waals surface area contributed by atoms with Crippen LogP contribution < -0.4 is 5.32 Å². The monoisotopic (exact) mass is 301 g/mol. The summed E-state index contributed by atoms with van der Waals surface area (Å²) in [6.45, 7) is 3.28. The van der Waals surface area contributed by atoms with Crippen molar-refractivity contribution in [1.82, 2.24) is 5.32 Å². The second kappa shape index (κ2) is 8.86. The average molecular weight is 302 g/mol. The van der Waals surface area contributed by atoms with E-state index in [0.29, 0.717) is 6.04 Å². The summed E-state index contributed by atoms with van der Waals surface area (Å²) in [5.74, 6) is 0. The van der Waals surface area contributed by atoms with Crippen molar-refractivity contribution in [3.8, 4) is 0 Å². The van der Waals surface area contributed by atoms with Crippen molar-refractivity contribution in [2.24, 2.45) is 0 Å². The third-order valence-electron chi connectivity index (χ3n) is 3.69. The highest BCUT2D eigenvalue weighted by molar-refractivity contribution is 6.30. The van der Waals surface area contributed by atoms with Gasteiger partial charge in [0, 0.05) is 11.1 Å². The molecule has 0 aliphatic heterocycles. The minimum atomic E-state index is 0.449. The van der Waals surface area contributed by atoms with Crippen molar-refractivity contribution < 1.29 is 0 Å². The van der Waals surface area contributed by atoms with Crippen molar-refractivity contribution in [1.29, 1.82) is 0 Å². The smallest absolute Gasteiger partial charge is 0.0408 e. The van der Waals surface area contributed by atoms with Crippen LogP contribution in [0.2, 0.25) is 5.02 Å². The van der Waals surface area contributed by atoms with E-state index in [0.717, 1.165) is 37.3 Å². The van der Waals surface area contributed by atoms with Gasteiger partial charge in [0.15, 0.2) is 0 Å². The molecule has 2 rings (SSSR count). The van der Waals surface area contributed by atoms with Gasteiger partial charge in [-0.05, 0) is 55.5 Å². The quantitative estimate of drug-likeness (QED) is 0.688. The van der Waals surface area contributed by atoms with Crippen LogP contribution in [0.3, 0.4) is 0 Å². The van der Waals surface area contributed by atoms with Crippen LogP contribution >= 0.6 is 11.6 Å². The molecular weight excluding hydrogens is 278 g/mol. The van der Waals surface area contributed by atoms with Crippen molar-refractivity contribution >= 4 is 11.6 Å². The van der Waals surface area contributed by atoms with E-state index in [1.807, 2.05) is 12.1 Å². The zero-order valence-corrected chi connectivity index (χ0v) is 13.4. The molecule has 0 bridgehead atoms. The number of aryl methyl sites for hydroxylation is 1. The maximum absolute atomic E-state index is 6.04. The van der Waals surface area contributed by atoms with Crippen LogP contribution in [0, 0.1) is 0 Å². The van der Waals surface area contributed by atoms with Crippen LogP contribution in [-0.4, -0.2) is 6.54 Å². The van der Waals surface area contributed by atoms with Gasteiger partial charge >= 0.3 is 0 Å². The third kappa shape index (κ3) is 5.53. The molecule has 0 fully saturated rings. The predicted molar refractivity (Wildman–Crippen MR) is 91.9 cm³/mol. The molecular formula is C19H24ClN. The normalized spacial score (nSPS) is 12.3. The van der Waals surface area contributed by atoms with Crippen molar-refractivity contribution in [3.63, 3.8) is 0 Å². The van der Waals surface area contributed by atoms with Crippen LogP contribution in [0.4, 0.5) is 0 Å². The Balaban J connectivity index is 1.90.